The molecule has 4 rings (SSSR count). The average Bonchev–Trinajstić information content (AvgIpc) is 2.97. The Bertz CT molecular complexity index is 901. The van der Waals surface area contributed by atoms with E-state index in [9.17, 15) is 18.7 Å². The third kappa shape index (κ3) is 4.00. The number of aliphatic hydroxyl groups excluding tert-OH is 1. The van der Waals surface area contributed by atoms with Gasteiger partial charge in [0.2, 0.25) is 11.8 Å². The molecule has 1 aromatic carbocycles. The fourth-order valence-corrected chi connectivity index (χ4v) is 4.98. The van der Waals surface area contributed by atoms with Crippen molar-refractivity contribution in [2.75, 3.05) is 25.1 Å². The van der Waals surface area contributed by atoms with Crippen molar-refractivity contribution in [1.29, 1.82) is 0 Å². The summed E-state index contributed by atoms with van der Waals surface area (Å²) < 4.78 is 34.3. The number of nitrogens with zero attached hydrogens (tertiary/aromatic N) is 1. The first-order valence-electron chi connectivity index (χ1n) is 9.97. The summed E-state index contributed by atoms with van der Waals surface area (Å²) in [6.45, 7) is 1.23. The van der Waals surface area contributed by atoms with Gasteiger partial charge in [-0.3, -0.25) is 4.79 Å². The first kappa shape index (κ1) is 20.6. The van der Waals surface area contributed by atoms with Gasteiger partial charge in [0.25, 0.3) is 0 Å². The monoisotopic (exact) mass is 426 g/mol. The Morgan fingerprint density at radius 2 is 2.03 bits per heavy atom. The Morgan fingerprint density at radius 3 is 2.66 bits per heavy atom. The quantitative estimate of drug-likeness (QED) is 0.717. The van der Waals surface area contributed by atoms with Crippen LogP contribution in [0.25, 0.3) is 10.9 Å². The summed E-state index contributed by atoms with van der Waals surface area (Å²) in [5, 5.41) is 13.5. The van der Waals surface area contributed by atoms with Crippen molar-refractivity contribution in [3.8, 4) is 0 Å². The number of hydrogen-bond donors (Lipinski definition) is 2. The van der Waals surface area contributed by atoms with E-state index in [0.29, 0.717) is 43.3 Å². The van der Waals surface area contributed by atoms with Crippen molar-refractivity contribution in [2.45, 2.75) is 44.6 Å². The molecule has 0 radical (unpaired) electrons. The number of aromatic nitrogens is 1. The first-order valence-corrected chi connectivity index (χ1v) is 10.3. The van der Waals surface area contributed by atoms with Crippen LogP contribution in [-0.4, -0.2) is 41.3 Å². The molecule has 2 heterocycles. The van der Waals surface area contributed by atoms with Crippen LogP contribution in [0, 0.1) is 11.3 Å². The average molecular weight is 427 g/mol. The van der Waals surface area contributed by atoms with Gasteiger partial charge in [0, 0.05) is 42.8 Å². The van der Waals surface area contributed by atoms with Gasteiger partial charge in [0.1, 0.15) is 0 Å². The van der Waals surface area contributed by atoms with Gasteiger partial charge in [0.15, 0.2) is 0 Å². The molecule has 5 nitrogen and oxygen atoms in total. The minimum Gasteiger partial charge on any atom is -0.395 e. The number of rotatable bonds is 6. The normalized spacial score (nSPS) is 21.1. The lowest BCUT2D eigenvalue weighted by atomic mass is 9.65. The molecule has 0 atom stereocenters. The minimum atomic E-state index is -2.59. The smallest absolute Gasteiger partial charge is 0.248 e. The fourth-order valence-electron chi connectivity index (χ4n) is 4.71. The van der Waals surface area contributed by atoms with Crippen molar-refractivity contribution in [3.05, 3.63) is 29.4 Å². The van der Waals surface area contributed by atoms with Gasteiger partial charge in [0.05, 0.1) is 36.0 Å². The van der Waals surface area contributed by atoms with Crippen LogP contribution in [0.15, 0.2) is 24.4 Å². The number of aliphatic hydroxyl groups is 1. The van der Waals surface area contributed by atoms with E-state index in [1.54, 1.807) is 12.3 Å². The van der Waals surface area contributed by atoms with Crippen LogP contribution < -0.4 is 5.32 Å². The Morgan fingerprint density at radius 1 is 1.31 bits per heavy atom. The molecular formula is C21H25ClF2N2O3. The highest BCUT2D eigenvalue weighted by atomic mass is 35.5. The lowest BCUT2D eigenvalue weighted by Crippen LogP contribution is -2.52. The zero-order chi connectivity index (χ0) is 20.6. The number of hydrogen-bond acceptors (Lipinski definition) is 3. The number of amides is 1. The summed E-state index contributed by atoms with van der Waals surface area (Å²) in [6.07, 6.45) is 2.61. The fraction of sp³-hybridized carbons (Fsp3) is 0.571. The van der Waals surface area contributed by atoms with E-state index in [-0.39, 0.29) is 43.1 Å². The van der Waals surface area contributed by atoms with E-state index in [0.717, 1.165) is 10.9 Å². The summed E-state index contributed by atoms with van der Waals surface area (Å²) >= 11 is 6.36. The first-order chi connectivity index (χ1) is 13.8. The number of carbonyl (C=O) groups excluding carboxylic acids is 1. The van der Waals surface area contributed by atoms with Gasteiger partial charge in [-0.05, 0) is 30.9 Å². The van der Waals surface area contributed by atoms with Crippen molar-refractivity contribution in [2.24, 2.45) is 11.3 Å². The second-order valence-electron chi connectivity index (χ2n) is 8.30. The Hall–Kier alpha value is -1.70. The molecule has 0 bridgehead atoms. The number of alkyl halides is 2. The molecule has 1 aliphatic heterocycles. The van der Waals surface area contributed by atoms with Crippen LogP contribution in [0.1, 0.15) is 32.1 Å². The summed E-state index contributed by atoms with van der Waals surface area (Å²) in [5.41, 5.74) is 1.06. The number of ether oxygens (including phenoxy) is 1. The van der Waals surface area contributed by atoms with Gasteiger partial charge in [-0.25, -0.2) is 8.78 Å². The molecule has 1 aliphatic carbocycles. The molecule has 2 N–H and O–H groups in total. The number of benzene rings is 1. The standard InChI is InChI=1S/C21H25ClF2N2O3/c22-15-2-1-3-17-19(15)16(11-26(17)8-9-27)25-18(28)10-20(12-29-13-20)14-4-6-21(23,24)7-5-14/h1-3,11,14,27H,4-10,12-13H2,(H,25,28). The largest absolute Gasteiger partial charge is 0.395 e. The maximum absolute atomic E-state index is 13.5. The summed E-state index contributed by atoms with van der Waals surface area (Å²) in [6, 6.07) is 5.46. The van der Waals surface area contributed by atoms with Gasteiger partial charge in [-0.1, -0.05) is 17.7 Å². The lowest BCUT2D eigenvalue weighted by molar-refractivity contribution is -0.174. The molecule has 158 valence electrons. The Kier molecular flexibility index (Phi) is 5.57. The van der Waals surface area contributed by atoms with Crippen LogP contribution in [0.5, 0.6) is 0 Å². The maximum atomic E-state index is 13.5. The van der Waals surface area contributed by atoms with Crippen molar-refractivity contribution in [3.63, 3.8) is 0 Å². The summed E-state index contributed by atoms with van der Waals surface area (Å²) in [5.74, 6) is -2.69. The van der Waals surface area contributed by atoms with Gasteiger partial charge in [-0.2, -0.15) is 0 Å². The van der Waals surface area contributed by atoms with Crippen LogP contribution in [0.3, 0.4) is 0 Å². The minimum absolute atomic E-state index is 0.0313. The number of anilines is 1. The third-order valence-corrected chi connectivity index (χ3v) is 6.66. The van der Waals surface area contributed by atoms with Gasteiger partial charge in [-0.15, -0.1) is 0 Å². The summed E-state index contributed by atoms with van der Waals surface area (Å²) in [7, 11) is 0. The molecule has 2 aromatic rings. The van der Waals surface area contributed by atoms with E-state index < -0.39 is 5.92 Å². The van der Waals surface area contributed by atoms with Crippen molar-refractivity contribution < 1.29 is 23.4 Å². The molecule has 0 spiro atoms. The van der Waals surface area contributed by atoms with E-state index in [4.69, 9.17) is 16.3 Å². The van der Waals surface area contributed by atoms with Gasteiger partial charge >= 0.3 is 0 Å². The topological polar surface area (TPSA) is 63.5 Å². The molecule has 1 saturated heterocycles. The van der Waals surface area contributed by atoms with Crippen LogP contribution in [0.4, 0.5) is 14.5 Å². The highest BCUT2D eigenvalue weighted by molar-refractivity contribution is 6.36. The Balaban J connectivity index is 1.51. The van der Waals surface area contributed by atoms with Crippen LogP contribution in [-0.2, 0) is 16.1 Å². The molecule has 1 saturated carbocycles. The molecule has 2 aliphatic rings. The molecular weight excluding hydrogens is 402 g/mol. The summed E-state index contributed by atoms with van der Waals surface area (Å²) in [4.78, 5) is 12.9. The molecule has 8 heteroatoms. The maximum Gasteiger partial charge on any atom is 0.248 e. The second kappa shape index (κ2) is 7.85. The van der Waals surface area contributed by atoms with Crippen LogP contribution >= 0.6 is 11.6 Å². The predicted octanol–water partition coefficient (Wildman–Crippen LogP) is 4.46. The van der Waals surface area contributed by atoms with E-state index in [2.05, 4.69) is 5.32 Å². The highest BCUT2D eigenvalue weighted by Gasteiger charge is 2.50. The predicted molar refractivity (Wildman–Crippen MR) is 107 cm³/mol. The van der Waals surface area contributed by atoms with E-state index in [1.807, 2.05) is 16.7 Å². The SMILES string of the molecule is O=C(CC1(C2CCC(F)(F)CC2)COC1)Nc1cn(CCO)c2cccc(Cl)c12. The van der Waals surface area contributed by atoms with Crippen molar-refractivity contribution >= 4 is 34.1 Å². The Labute approximate surface area is 173 Å². The number of carbonyl (C=O) groups is 1. The molecule has 2 fully saturated rings. The van der Waals surface area contributed by atoms with Crippen LogP contribution in [0.2, 0.25) is 5.02 Å². The van der Waals surface area contributed by atoms with E-state index >= 15 is 0 Å². The van der Waals surface area contributed by atoms with E-state index in [1.165, 1.54) is 0 Å². The third-order valence-electron chi connectivity index (χ3n) is 6.35. The number of halogens is 3. The molecule has 1 amide bonds. The van der Waals surface area contributed by atoms with Gasteiger partial charge < -0.3 is 19.7 Å². The lowest BCUT2D eigenvalue weighted by Gasteiger charge is -2.49. The molecule has 1 aromatic heterocycles. The molecule has 29 heavy (non-hydrogen) atoms. The zero-order valence-electron chi connectivity index (χ0n) is 16.1. The number of fused-ring (bicyclic) bond motifs is 1. The highest BCUT2D eigenvalue weighted by Crippen LogP contribution is 2.49. The number of nitrogens with one attached hydrogen (secondary N) is 1. The zero-order valence-corrected chi connectivity index (χ0v) is 16.9. The second-order valence-corrected chi connectivity index (χ2v) is 8.71. The van der Waals surface area contributed by atoms with Crippen molar-refractivity contribution in [1.82, 2.24) is 4.57 Å². The molecule has 0 unspecified atom stereocenters.